The van der Waals surface area contributed by atoms with Crippen molar-refractivity contribution in [1.29, 1.82) is 0 Å². The van der Waals surface area contributed by atoms with Crippen LogP contribution in [0.4, 0.5) is 0 Å². The molecule has 0 aromatic heterocycles. The molecular formula is C30H47NO9. The summed E-state index contributed by atoms with van der Waals surface area (Å²) in [5, 5.41) is 46.9. The second kappa shape index (κ2) is 11.7. The molecule has 1 saturated carbocycles. The number of fused-ring (bicyclic) bond motifs is 2. The maximum Gasteiger partial charge on any atom is 0.251 e. The molecule has 2 heterocycles. The first-order chi connectivity index (χ1) is 19.0. The smallest absolute Gasteiger partial charge is 0.251 e. The predicted molar refractivity (Wildman–Crippen MR) is 145 cm³/mol. The molecule has 5 rings (SSSR count). The number of epoxide rings is 1. The van der Waals surface area contributed by atoms with E-state index in [2.05, 4.69) is 39.1 Å². The standard InChI is InChI=1S/C30H47NO9/c1-14(2)17-8-9-30(4)10-19-16(12-37-5)6-7-18(19)15(3)23(32)27(22(17)30)40-29-26(35)25(34)24(33)20(39-29)11-31-28(36)21-13-38-21/h10,14-16,18,20-21,23-27,29,32-35H,6-9,11-13H2,1-5H3,(H,31,36)/t15-,16-,18+,20-,21+,23-,24-,25+,26-,27-,29-,30-/m1/s1. The summed E-state index contributed by atoms with van der Waals surface area (Å²) in [6.45, 7) is 9.47. The van der Waals surface area contributed by atoms with E-state index in [1.54, 1.807) is 7.11 Å². The number of ether oxygens (including phenoxy) is 4. The van der Waals surface area contributed by atoms with Crippen LogP contribution in [0.2, 0.25) is 0 Å². The normalized spacial score (nSPS) is 45.0. The molecule has 40 heavy (non-hydrogen) atoms. The number of hydrogen-bond acceptors (Lipinski definition) is 9. The highest BCUT2D eigenvalue weighted by Crippen LogP contribution is 2.55. The molecule has 12 atom stereocenters. The lowest BCUT2D eigenvalue weighted by atomic mass is 9.68. The van der Waals surface area contributed by atoms with Gasteiger partial charge in [-0.15, -0.1) is 0 Å². The molecule has 10 nitrogen and oxygen atoms in total. The number of rotatable bonds is 8. The third-order valence-electron chi connectivity index (χ3n) is 9.97. The molecule has 5 N–H and O–H groups in total. The molecule has 1 amide bonds. The molecule has 0 aromatic carbocycles. The van der Waals surface area contributed by atoms with Crippen LogP contribution >= 0.6 is 0 Å². The fraction of sp³-hybridized carbons (Fsp3) is 0.833. The summed E-state index contributed by atoms with van der Waals surface area (Å²) >= 11 is 0. The first-order valence-corrected chi connectivity index (χ1v) is 14.8. The quantitative estimate of drug-likeness (QED) is 0.215. The van der Waals surface area contributed by atoms with Crippen LogP contribution in [-0.2, 0) is 23.7 Å². The zero-order valence-electron chi connectivity index (χ0n) is 24.3. The van der Waals surface area contributed by atoms with Crippen molar-refractivity contribution in [3.63, 3.8) is 0 Å². The lowest BCUT2D eigenvalue weighted by Gasteiger charge is -2.46. The van der Waals surface area contributed by atoms with E-state index >= 15 is 0 Å². The molecule has 5 aliphatic rings. The van der Waals surface area contributed by atoms with Gasteiger partial charge in [0.25, 0.3) is 5.91 Å². The Balaban J connectivity index is 1.47. The van der Waals surface area contributed by atoms with Crippen molar-refractivity contribution in [1.82, 2.24) is 5.32 Å². The van der Waals surface area contributed by atoms with Crippen LogP contribution in [0.5, 0.6) is 0 Å². The van der Waals surface area contributed by atoms with Crippen LogP contribution in [0.1, 0.15) is 53.4 Å². The number of aliphatic hydroxyl groups excluding tert-OH is 4. The second-order valence-electron chi connectivity index (χ2n) is 13.0. The fourth-order valence-corrected chi connectivity index (χ4v) is 7.53. The lowest BCUT2D eigenvalue weighted by molar-refractivity contribution is -0.310. The summed E-state index contributed by atoms with van der Waals surface area (Å²) in [5.74, 6) is 0.279. The lowest BCUT2D eigenvalue weighted by Crippen LogP contribution is -2.62. The van der Waals surface area contributed by atoms with Gasteiger partial charge in [0.05, 0.1) is 19.3 Å². The molecule has 226 valence electrons. The van der Waals surface area contributed by atoms with Gasteiger partial charge in [0.1, 0.15) is 30.5 Å². The van der Waals surface area contributed by atoms with E-state index in [0.717, 1.165) is 31.3 Å². The van der Waals surface area contributed by atoms with E-state index in [1.807, 2.05) is 0 Å². The van der Waals surface area contributed by atoms with E-state index in [-0.39, 0.29) is 35.6 Å². The Morgan fingerprint density at radius 1 is 1.15 bits per heavy atom. The summed E-state index contributed by atoms with van der Waals surface area (Å²) < 4.78 is 23.1. The van der Waals surface area contributed by atoms with Crippen molar-refractivity contribution in [3.8, 4) is 0 Å². The number of hydrogen-bond donors (Lipinski definition) is 5. The Kier molecular flexibility index (Phi) is 8.82. The van der Waals surface area contributed by atoms with Gasteiger partial charge in [-0.25, -0.2) is 0 Å². The number of methoxy groups -OCH3 is 1. The first-order valence-electron chi connectivity index (χ1n) is 14.8. The Hall–Kier alpha value is -1.37. The van der Waals surface area contributed by atoms with Crippen molar-refractivity contribution in [2.45, 2.75) is 102 Å². The van der Waals surface area contributed by atoms with Gasteiger partial charge >= 0.3 is 0 Å². The monoisotopic (exact) mass is 565 g/mol. The molecule has 2 aliphatic heterocycles. The van der Waals surface area contributed by atoms with Gasteiger partial charge in [0.15, 0.2) is 12.4 Å². The summed E-state index contributed by atoms with van der Waals surface area (Å²) in [6.07, 6.45) is -2.89. The van der Waals surface area contributed by atoms with Gasteiger partial charge in [-0.1, -0.05) is 44.9 Å². The van der Waals surface area contributed by atoms with E-state index in [0.29, 0.717) is 19.1 Å². The molecule has 3 fully saturated rings. The molecule has 0 unspecified atom stereocenters. The van der Waals surface area contributed by atoms with Gasteiger partial charge < -0.3 is 44.7 Å². The van der Waals surface area contributed by atoms with Crippen LogP contribution in [0.25, 0.3) is 0 Å². The Morgan fingerprint density at radius 2 is 1.88 bits per heavy atom. The number of carbonyl (C=O) groups is 1. The predicted octanol–water partition coefficient (Wildman–Crippen LogP) is 1.06. The van der Waals surface area contributed by atoms with Crippen LogP contribution in [0.3, 0.4) is 0 Å². The number of aliphatic hydroxyl groups is 4. The van der Waals surface area contributed by atoms with Crippen LogP contribution < -0.4 is 5.32 Å². The Morgan fingerprint density at radius 3 is 2.52 bits per heavy atom. The molecule has 10 heteroatoms. The highest BCUT2D eigenvalue weighted by Gasteiger charge is 2.52. The van der Waals surface area contributed by atoms with Crippen molar-refractivity contribution in [3.05, 3.63) is 22.8 Å². The minimum absolute atomic E-state index is 0.0835. The maximum atomic E-state index is 12.1. The van der Waals surface area contributed by atoms with Crippen molar-refractivity contribution in [2.75, 3.05) is 26.9 Å². The minimum Gasteiger partial charge on any atom is -0.390 e. The highest BCUT2D eigenvalue weighted by molar-refractivity contribution is 5.82. The number of carbonyl (C=O) groups excluding carboxylic acids is 1. The summed E-state index contributed by atoms with van der Waals surface area (Å²) in [7, 11) is 1.73. The second-order valence-corrected chi connectivity index (χ2v) is 13.0. The zero-order valence-corrected chi connectivity index (χ0v) is 24.3. The van der Waals surface area contributed by atoms with Gasteiger partial charge in [-0.05, 0) is 49.0 Å². The van der Waals surface area contributed by atoms with Crippen molar-refractivity contribution in [2.24, 2.45) is 29.1 Å². The van der Waals surface area contributed by atoms with Gasteiger partial charge in [-0.3, -0.25) is 4.79 Å². The summed E-state index contributed by atoms with van der Waals surface area (Å²) in [6, 6.07) is 0. The van der Waals surface area contributed by atoms with Crippen LogP contribution in [0.15, 0.2) is 22.8 Å². The molecule has 3 aliphatic carbocycles. The molecule has 0 bridgehead atoms. The summed E-state index contributed by atoms with van der Waals surface area (Å²) in [4.78, 5) is 12.1. The maximum absolute atomic E-state index is 12.1. The average Bonchev–Trinajstić information content (AvgIpc) is 3.63. The molecule has 0 aromatic rings. The van der Waals surface area contributed by atoms with Crippen LogP contribution in [0, 0.1) is 29.1 Å². The number of nitrogens with one attached hydrogen (secondary N) is 1. The van der Waals surface area contributed by atoms with E-state index in [4.69, 9.17) is 18.9 Å². The van der Waals surface area contributed by atoms with E-state index < -0.39 is 49.0 Å². The van der Waals surface area contributed by atoms with Crippen LogP contribution in [-0.4, -0.2) is 102 Å². The first kappa shape index (κ1) is 30.1. The van der Waals surface area contributed by atoms with Gasteiger partial charge in [0, 0.05) is 25.0 Å². The van der Waals surface area contributed by atoms with Crippen molar-refractivity contribution >= 4 is 5.91 Å². The zero-order chi connectivity index (χ0) is 28.9. The topological polar surface area (TPSA) is 150 Å². The average molecular weight is 566 g/mol. The van der Waals surface area contributed by atoms with Crippen molar-refractivity contribution < 1.29 is 44.2 Å². The van der Waals surface area contributed by atoms with Gasteiger partial charge in [-0.2, -0.15) is 0 Å². The fourth-order valence-electron chi connectivity index (χ4n) is 7.53. The number of allylic oxidation sites excluding steroid dienone is 2. The third-order valence-corrected chi connectivity index (χ3v) is 9.97. The minimum atomic E-state index is -1.55. The molecule has 0 spiro atoms. The molecular weight excluding hydrogens is 518 g/mol. The largest absolute Gasteiger partial charge is 0.390 e. The van der Waals surface area contributed by atoms with E-state index in [9.17, 15) is 25.2 Å². The number of amides is 1. The summed E-state index contributed by atoms with van der Waals surface area (Å²) in [5.41, 5.74) is 3.25. The SMILES string of the molecule is COC[C@H]1CC[C@@H]2C1=C[C@@]1(C)CCC(C(C)C)=C1[C@@H](O[C@H]1O[C@H](CNC(=O)[C@@H]3CO3)[C@@H](O)[C@H](O)[C@H]1O)[C@H](O)[C@@H]2C. The Labute approximate surface area is 236 Å². The molecule has 2 saturated heterocycles. The van der Waals surface area contributed by atoms with E-state index in [1.165, 1.54) is 11.1 Å². The Bertz CT molecular complexity index is 1010. The third kappa shape index (κ3) is 5.54. The van der Waals surface area contributed by atoms with Gasteiger partial charge in [0.2, 0.25) is 0 Å². The molecule has 0 radical (unpaired) electrons. The highest BCUT2D eigenvalue weighted by atomic mass is 16.7.